The molecule has 6 heteroatoms. The molecule has 2 unspecified atom stereocenters. The maximum Gasteiger partial charge on any atom is 0.309 e. The van der Waals surface area contributed by atoms with Crippen molar-refractivity contribution in [2.45, 2.75) is 53.1 Å². The summed E-state index contributed by atoms with van der Waals surface area (Å²) in [4.78, 5) is 38.2. The highest BCUT2D eigenvalue weighted by molar-refractivity contribution is 6.27. The Morgan fingerprint density at radius 2 is 1.75 bits per heavy atom. The summed E-state index contributed by atoms with van der Waals surface area (Å²) in [6.07, 6.45) is 3.67. The molecule has 0 amide bonds. The lowest BCUT2D eigenvalue weighted by molar-refractivity contribution is -0.158. The number of esters is 1. The Kier molecular flexibility index (Phi) is 6.12. The van der Waals surface area contributed by atoms with Crippen molar-refractivity contribution < 1.29 is 29.3 Å². The molecule has 2 atom stereocenters. The first-order valence-electron chi connectivity index (χ1n) is 9.24. The minimum atomic E-state index is -1.39. The quantitative estimate of drug-likeness (QED) is 0.433. The number of allylic oxidation sites excluding steroid dienone is 2. The number of Topliss-reactive ketones (excluding diaryl/α,β-unsaturated/α-hetero) is 1. The Morgan fingerprint density at radius 3 is 2.29 bits per heavy atom. The van der Waals surface area contributed by atoms with E-state index in [4.69, 9.17) is 4.74 Å². The van der Waals surface area contributed by atoms with Crippen molar-refractivity contribution in [2.24, 2.45) is 5.92 Å². The average Bonchev–Trinajstić information content (AvgIpc) is 2.63. The molecular formula is C22H26O6. The molecule has 0 saturated heterocycles. The molecule has 28 heavy (non-hydrogen) atoms. The van der Waals surface area contributed by atoms with E-state index in [0.29, 0.717) is 6.42 Å². The van der Waals surface area contributed by atoms with Crippen LogP contribution in [-0.2, 0) is 9.53 Å². The monoisotopic (exact) mass is 386 g/mol. The Balaban J connectivity index is 2.59. The van der Waals surface area contributed by atoms with E-state index in [1.165, 1.54) is 0 Å². The summed E-state index contributed by atoms with van der Waals surface area (Å²) in [5.74, 6) is -2.91. The standard InChI is InChI=1S/C22H26O6/c1-6-13(4)21(27)28-22(5,10-9-12(2)3)14-11-17(25)18-15(23)7-8-16(24)19(18)20(14)26/h7-9,11,13,23-24H,6,10H2,1-5H3. The first kappa shape index (κ1) is 21.4. The number of hydrogen-bond acceptors (Lipinski definition) is 6. The second-order valence-electron chi connectivity index (χ2n) is 7.55. The Morgan fingerprint density at radius 1 is 1.18 bits per heavy atom. The summed E-state index contributed by atoms with van der Waals surface area (Å²) in [6.45, 7) is 8.90. The number of phenolic OH excluding ortho intramolecular Hbond substituents is 2. The number of carbonyl (C=O) groups excluding carboxylic acids is 3. The minimum absolute atomic E-state index is 0.0277. The van der Waals surface area contributed by atoms with Gasteiger partial charge in [0.05, 0.1) is 17.0 Å². The number of ketones is 2. The van der Waals surface area contributed by atoms with E-state index >= 15 is 0 Å². The molecule has 1 aliphatic rings. The Hall–Kier alpha value is -2.89. The topological polar surface area (TPSA) is 101 Å². The van der Waals surface area contributed by atoms with Crippen LogP contribution >= 0.6 is 0 Å². The molecule has 1 aliphatic carbocycles. The van der Waals surface area contributed by atoms with Gasteiger partial charge in [0.1, 0.15) is 17.1 Å². The predicted octanol–water partition coefficient (Wildman–Crippen LogP) is 4.11. The van der Waals surface area contributed by atoms with Crippen molar-refractivity contribution in [1.82, 2.24) is 0 Å². The van der Waals surface area contributed by atoms with Crippen LogP contribution < -0.4 is 0 Å². The van der Waals surface area contributed by atoms with Gasteiger partial charge in [0.2, 0.25) is 0 Å². The third-order valence-electron chi connectivity index (χ3n) is 4.97. The maximum absolute atomic E-state index is 13.1. The normalized spacial score (nSPS) is 16.5. The molecule has 0 radical (unpaired) electrons. The Labute approximate surface area is 164 Å². The van der Waals surface area contributed by atoms with E-state index in [1.54, 1.807) is 13.8 Å². The molecule has 0 spiro atoms. The summed E-state index contributed by atoms with van der Waals surface area (Å²) < 4.78 is 5.72. The van der Waals surface area contributed by atoms with Crippen LogP contribution in [0.5, 0.6) is 11.5 Å². The number of carbonyl (C=O) groups is 3. The van der Waals surface area contributed by atoms with Gasteiger partial charge in [-0.2, -0.15) is 0 Å². The van der Waals surface area contributed by atoms with Crippen molar-refractivity contribution in [3.8, 4) is 11.5 Å². The Bertz CT molecular complexity index is 889. The lowest BCUT2D eigenvalue weighted by atomic mass is 9.79. The predicted molar refractivity (Wildman–Crippen MR) is 105 cm³/mol. The third-order valence-corrected chi connectivity index (χ3v) is 4.97. The number of benzene rings is 1. The first-order chi connectivity index (χ1) is 13.0. The van der Waals surface area contributed by atoms with Crippen LogP contribution in [0.3, 0.4) is 0 Å². The van der Waals surface area contributed by atoms with Crippen LogP contribution in [-0.4, -0.2) is 33.3 Å². The highest BCUT2D eigenvalue weighted by Crippen LogP contribution is 2.40. The zero-order valence-electron chi connectivity index (χ0n) is 16.8. The van der Waals surface area contributed by atoms with Crippen molar-refractivity contribution in [3.63, 3.8) is 0 Å². The molecule has 0 bridgehead atoms. The SMILES string of the molecule is CCC(C)C(=O)OC(C)(CC=C(C)C)C1=CC(=O)c2c(O)ccc(O)c2C1=O. The molecule has 150 valence electrons. The highest BCUT2D eigenvalue weighted by atomic mass is 16.6. The summed E-state index contributed by atoms with van der Waals surface area (Å²) in [5, 5.41) is 20.1. The molecule has 0 aliphatic heterocycles. The van der Waals surface area contributed by atoms with E-state index in [1.807, 2.05) is 26.8 Å². The van der Waals surface area contributed by atoms with E-state index in [2.05, 4.69) is 0 Å². The van der Waals surface area contributed by atoms with Gasteiger partial charge < -0.3 is 14.9 Å². The van der Waals surface area contributed by atoms with Crippen LogP contribution in [0.15, 0.2) is 35.4 Å². The molecule has 2 rings (SSSR count). The van der Waals surface area contributed by atoms with Crippen LogP contribution in [0.2, 0.25) is 0 Å². The smallest absolute Gasteiger partial charge is 0.309 e. The van der Waals surface area contributed by atoms with Gasteiger partial charge >= 0.3 is 5.97 Å². The van der Waals surface area contributed by atoms with Crippen molar-refractivity contribution >= 4 is 17.5 Å². The van der Waals surface area contributed by atoms with Crippen LogP contribution in [0.4, 0.5) is 0 Å². The van der Waals surface area contributed by atoms with Gasteiger partial charge in [-0.05, 0) is 45.4 Å². The minimum Gasteiger partial charge on any atom is -0.507 e. The first-order valence-corrected chi connectivity index (χ1v) is 9.24. The molecule has 1 aromatic rings. The molecule has 0 fully saturated rings. The van der Waals surface area contributed by atoms with Crippen LogP contribution in [0.1, 0.15) is 68.2 Å². The van der Waals surface area contributed by atoms with Crippen LogP contribution in [0, 0.1) is 5.92 Å². The number of aromatic hydroxyl groups is 2. The van der Waals surface area contributed by atoms with Gasteiger partial charge in [0.25, 0.3) is 0 Å². The molecule has 2 N–H and O–H groups in total. The lowest BCUT2D eigenvalue weighted by Gasteiger charge is -2.33. The average molecular weight is 386 g/mol. The zero-order chi connectivity index (χ0) is 21.2. The van der Waals surface area contributed by atoms with E-state index < -0.39 is 28.9 Å². The molecule has 0 saturated carbocycles. The van der Waals surface area contributed by atoms with Gasteiger partial charge in [-0.15, -0.1) is 0 Å². The zero-order valence-corrected chi connectivity index (χ0v) is 16.8. The highest BCUT2D eigenvalue weighted by Gasteiger charge is 2.43. The summed E-state index contributed by atoms with van der Waals surface area (Å²) in [7, 11) is 0. The number of fused-ring (bicyclic) bond motifs is 1. The fourth-order valence-corrected chi connectivity index (χ4v) is 2.95. The number of ether oxygens (including phenoxy) is 1. The largest absolute Gasteiger partial charge is 0.507 e. The fourth-order valence-electron chi connectivity index (χ4n) is 2.95. The van der Waals surface area contributed by atoms with Gasteiger partial charge in [-0.3, -0.25) is 14.4 Å². The number of rotatable bonds is 6. The van der Waals surface area contributed by atoms with Crippen LogP contribution in [0.25, 0.3) is 0 Å². The molecule has 0 heterocycles. The molecule has 1 aromatic carbocycles. The van der Waals surface area contributed by atoms with Gasteiger partial charge in [0, 0.05) is 12.0 Å². The van der Waals surface area contributed by atoms with Crippen molar-refractivity contribution in [2.75, 3.05) is 0 Å². The fraction of sp³-hybridized carbons (Fsp3) is 0.409. The maximum atomic E-state index is 13.1. The summed E-state index contributed by atoms with van der Waals surface area (Å²) in [6, 6.07) is 2.31. The van der Waals surface area contributed by atoms with Gasteiger partial charge in [0.15, 0.2) is 11.6 Å². The van der Waals surface area contributed by atoms with Gasteiger partial charge in [-0.25, -0.2) is 0 Å². The summed E-state index contributed by atoms with van der Waals surface area (Å²) >= 11 is 0. The second-order valence-corrected chi connectivity index (χ2v) is 7.55. The van der Waals surface area contributed by atoms with E-state index in [9.17, 15) is 24.6 Å². The van der Waals surface area contributed by atoms with E-state index in [-0.39, 0.29) is 34.8 Å². The van der Waals surface area contributed by atoms with Crippen molar-refractivity contribution in [3.05, 3.63) is 46.6 Å². The molecule has 0 aromatic heterocycles. The second kappa shape index (κ2) is 8.00. The molecule has 6 nitrogen and oxygen atoms in total. The summed E-state index contributed by atoms with van der Waals surface area (Å²) in [5.41, 5.74) is -0.973. The number of phenols is 2. The van der Waals surface area contributed by atoms with Gasteiger partial charge in [-0.1, -0.05) is 25.5 Å². The molecular weight excluding hydrogens is 360 g/mol. The number of hydrogen-bond donors (Lipinski definition) is 2. The van der Waals surface area contributed by atoms with E-state index in [0.717, 1.165) is 23.8 Å². The third kappa shape index (κ3) is 4.01. The van der Waals surface area contributed by atoms with Crippen molar-refractivity contribution in [1.29, 1.82) is 0 Å². The lowest BCUT2D eigenvalue weighted by Crippen LogP contribution is -2.40.